The number of amides is 2. The first kappa shape index (κ1) is 19.3. The lowest BCUT2D eigenvalue weighted by atomic mass is 10.1. The zero-order chi connectivity index (χ0) is 19.1. The summed E-state index contributed by atoms with van der Waals surface area (Å²) in [7, 11) is 0. The van der Waals surface area contributed by atoms with Gasteiger partial charge >= 0.3 is 5.97 Å². The zero-order valence-corrected chi connectivity index (χ0v) is 14.4. The van der Waals surface area contributed by atoms with Crippen LogP contribution in [0.25, 0.3) is 0 Å². The largest absolute Gasteiger partial charge is 0.507 e. The number of phenolic OH excluding ortho intramolecular Hbond substituents is 1. The number of benzene rings is 2. The maximum Gasteiger partial charge on any atom is 0.303 e. The summed E-state index contributed by atoms with van der Waals surface area (Å²) in [6.07, 6.45) is 0.253. The van der Waals surface area contributed by atoms with Crippen molar-refractivity contribution in [1.82, 2.24) is 5.32 Å². The minimum Gasteiger partial charge on any atom is -0.507 e. The Balaban J connectivity index is 2.09. The molecule has 0 aliphatic heterocycles. The second-order valence-corrected chi connectivity index (χ2v) is 5.85. The van der Waals surface area contributed by atoms with E-state index in [1.54, 1.807) is 18.2 Å². The summed E-state index contributed by atoms with van der Waals surface area (Å²) in [5.41, 5.74) is 0.512. The van der Waals surface area contributed by atoms with Crippen LogP contribution in [0.5, 0.6) is 5.75 Å². The highest BCUT2D eigenvalue weighted by molar-refractivity contribution is 6.31. The smallest absolute Gasteiger partial charge is 0.303 e. The maximum atomic E-state index is 12.3. The first-order valence-electron chi connectivity index (χ1n) is 7.77. The van der Waals surface area contributed by atoms with Crippen LogP contribution in [0.4, 0.5) is 5.69 Å². The van der Waals surface area contributed by atoms with Crippen molar-refractivity contribution in [3.63, 3.8) is 0 Å². The van der Waals surface area contributed by atoms with Crippen molar-refractivity contribution in [2.24, 2.45) is 0 Å². The number of hydrogen-bond acceptors (Lipinski definition) is 4. The molecule has 2 aromatic carbocycles. The third-order valence-electron chi connectivity index (χ3n) is 3.48. The summed E-state index contributed by atoms with van der Waals surface area (Å²) < 4.78 is 0. The van der Waals surface area contributed by atoms with Gasteiger partial charge in [0.1, 0.15) is 5.75 Å². The van der Waals surface area contributed by atoms with Crippen LogP contribution < -0.4 is 10.6 Å². The van der Waals surface area contributed by atoms with E-state index in [1.807, 2.05) is 0 Å². The van der Waals surface area contributed by atoms with Gasteiger partial charge in [0, 0.05) is 18.0 Å². The summed E-state index contributed by atoms with van der Waals surface area (Å²) in [5, 5.41) is 23.9. The van der Waals surface area contributed by atoms with Crippen LogP contribution in [0.3, 0.4) is 0 Å². The van der Waals surface area contributed by atoms with Crippen molar-refractivity contribution in [2.75, 3.05) is 11.9 Å². The van der Waals surface area contributed by atoms with E-state index in [2.05, 4.69) is 10.6 Å². The number of para-hydroxylation sites is 1. The number of carbonyl (C=O) groups excluding carboxylic acids is 2. The van der Waals surface area contributed by atoms with Crippen LogP contribution in [-0.4, -0.2) is 34.5 Å². The second kappa shape index (κ2) is 8.87. The Bertz CT molecular complexity index is 838. The van der Waals surface area contributed by atoms with Crippen molar-refractivity contribution in [2.45, 2.75) is 12.8 Å². The second-order valence-electron chi connectivity index (χ2n) is 5.41. The number of hydrogen-bond donors (Lipinski definition) is 4. The van der Waals surface area contributed by atoms with Gasteiger partial charge in [0.25, 0.3) is 11.8 Å². The molecule has 0 bridgehead atoms. The van der Waals surface area contributed by atoms with E-state index < -0.39 is 17.8 Å². The Kier molecular flexibility index (Phi) is 6.57. The molecule has 2 aromatic rings. The Morgan fingerprint density at radius 1 is 1.00 bits per heavy atom. The third-order valence-corrected chi connectivity index (χ3v) is 3.71. The number of phenols is 1. The molecule has 26 heavy (non-hydrogen) atoms. The molecule has 0 atom stereocenters. The third kappa shape index (κ3) is 5.22. The molecule has 7 nitrogen and oxygen atoms in total. The van der Waals surface area contributed by atoms with Gasteiger partial charge in [0.2, 0.25) is 0 Å². The number of aliphatic carboxylic acids is 1. The molecule has 0 saturated heterocycles. The lowest BCUT2D eigenvalue weighted by Crippen LogP contribution is -2.26. The van der Waals surface area contributed by atoms with Crippen molar-refractivity contribution in [3.8, 4) is 5.75 Å². The molecule has 0 aliphatic rings. The van der Waals surface area contributed by atoms with Crippen LogP contribution in [0.2, 0.25) is 5.02 Å². The molecule has 136 valence electrons. The highest BCUT2D eigenvalue weighted by atomic mass is 35.5. The van der Waals surface area contributed by atoms with E-state index in [4.69, 9.17) is 16.7 Å². The van der Waals surface area contributed by atoms with Crippen LogP contribution >= 0.6 is 11.6 Å². The average Bonchev–Trinajstić information content (AvgIpc) is 2.58. The molecule has 0 aromatic heterocycles. The first-order valence-corrected chi connectivity index (χ1v) is 8.15. The normalized spacial score (nSPS) is 10.2. The zero-order valence-electron chi connectivity index (χ0n) is 13.7. The van der Waals surface area contributed by atoms with E-state index in [-0.39, 0.29) is 35.5 Å². The number of rotatable bonds is 7. The van der Waals surface area contributed by atoms with Gasteiger partial charge in [-0.25, -0.2) is 0 Å². The molecule has 0 radical (unpaired) electrons. The summed E-state index contributed by atoms with van der Waals surface area (Å²) >= 11 is 5.75. The molecule has 2 amide bonds. The fourth-order valence-electron chi connectivity index (χ4n) is 2.21. The van der Waals surface area contributed by atoms with Gasteiger partial charge in [0.15, 0.2) is 0 Å². The van der Waals surface area contributed by atoms with E-state index in [9.17, 15) is 19.5 Å². The standard InChI is InChI=1S/C18H17ClN2O5/c19-11-7-8-13(15(22)10-11)18(26)21-14-5-2-1-4-12(14)17(25)20-9-3-6-16(23)24/h1-2,4-5,7-8,10,22H,3,6,9H2,(H,20,25)(H,21,26)(H,23,24). The van der Waals surface area contributed by atoms with Gasteiger partial charge in [-0.05, 0) is 36.8 Å². The molecule has 0 spiro atoms. The lowest BCUT2D eigenvalue weighted by Gasteiger charge is -2.12. The number of carboxylic acids is 1. The number of aromatic hydroxyl groups is 1. The van der Waals surface area contributed by atoms with Crippen molar-refractivity contribution >= 4 is 35.1 Å². The highest BCUT2D eigenvalue weighted by Crippen LogP contribution is 2.24. The van der Waals surface area contributed by atoms with E-state index in [0.717, 1.165) is 0 Å². The van der Waals surface area contributed by atoms with Crippen LogP contribution in [0.1, 0.15) is 33.6 Å². The van der Waals surface area contributed by atoms with Gasteiger partial charge in [-0.3, -0.25) is 14.4 Å². The maximum absolute atomic E-state index is 12.3. The van der Waals surface area contributed by atoms with Gasteiger partial charge in [-0.2, -0.15) is 0 Å². The highest BCUT2D eigenvalue weighted by Gasteiger charge is 2.16. The molecule has 0 fully saturated rings. The Hall–Kier alpha value is -3.06. The van der Waals surface area contributed by atoms with Crippen molar-refractivity contribution < 1.29 is 24.6 Å². The van der Waals surface area contributed by atoms with Gasteiger partial charge in [-0.1, -0.05) is 23.7 Å². The molecule has 2 rings (SSSR count). The molecule has 0 aliphatic carbocycles. The Morgan fingerprint density at radius 3 is 2.42 bits per heavy atom. The molecular formula is C18H17ClN2O5. The fraction of sp³-hybridized carbons (Fsp3) is 0.167. The quantitative estimate of drug-likeness (QED) is 0.554. The van der Waals surface area contributed by atoms with E-state index in [0.29, 0.717) is 11.4 Å². The van der Waals surface area contributed by atoms with Crippen LogP contribution in [0, 0.1) is 0 Å². The topological polar surface area (TPSA) is 116 Å². The Labute approximate surface area is 154 Å². The number of carboxylic acid groups (broad SMARTS) is 1. The molecular weight excluding hydrogens is 360 g/mol. The lowest BCUT2D eigenvalue weighted by molar-refractivity contribution is -0.137. The summed E-state index contributed by atoms with van der Waals surface area (Å²) in [4.78, 5) is 35.1. The predicted molar refractivity (Wildman–Crippen MR) is 96.7 cm³/mol. The predicted octanol–water partition coefficient (Wildman–Crippen LogP) is 2.89. The first-order chi connectivity index (χ1) is 12.4. The molecule has 4 N–H and O–H groups in total. The summed E-state index contributed by atoms with van der Waals surface area (Å²) in [5.74, 6) is -2.24. The molecule has 0 heterocycles. The monoisotopic (exact) mass is 376 g/mol. The Morgan fingerprint density at radius 2 is 1.73 bits per heavy atom. The summed E-state index contributed by atoms with van der Waals surface area (Å²) in [6.45, 7) is 0.200. The minimum atomic E-state index is -0.935. The molecule has 8 heteroatoms. The van der Waals surface area contributed by atoms with Crippen molar-refractivity contribution in [1.29, 1.82) is 0 Å². The minimum absolute atomic E-state index is 0.0195. The van der Waals surface area contributed by atoms with Crippen LogP contribution in [0.15, 0.2) is 42.5 Å². The number of halogens is 1. The van der Waals surface area contributed by atoms with Gasteiger partial charge < -0.3 is 20.8 Å². The van der Waals surface area contributed by atoms with E-state index in [1.165, 1.54) is 24.3 Å². The number of anilines is 1. The fourth-order valence-corrected chi connectivity index (χ4v) is 2.38. The molecule has 0 saturated carbocycles. The summed E-state index contributed by atoms with van der Waals surface area (Å²) in [6, 6.07) is 10.5. The van der Waals surface area contributed by atoms with Crippen LogP contribution in [-0.2, 0) is 4.79 Å². The van der Waals surface area contributed by atoms with Crippen molar-refractivity contribution in [3.05, 3.63) is 58.6 Å². The molecule has 0 unspecified atom stereocenters. The SMILES string of the molecule is O=C(O)CCCNC(=O)c1ccccc1NC(=O)c1ccc(Cl)cc1O. The number of carbonyl (C=O) groups is 3. The van der Waals surface area contributed by atoms with E-state index >= 15 is 0 Å². The average molecular weight is 377 g/mol. The number of nitrogens with one attached hydrogen (secondary N) is 2. The van der Waals surface area contributed by atoms with Gasteiger partial charge in [0.05, 0.1) is 16.8 Å². The van der Waals surface area contributed by atoms with Gasteiger partial charge in [-0.15, -0.1) is 0 Å².